The molecule has 6 heteroatoms. The third-order valence-corrected chi connectivity index (χ3v) is 6.14. The predicted molar refractivity (Wildman–Crippen MR) is 81.9 cm³/mol. The van der Waals surface area contributed by atoms with Gasteiger partial charge in [0.2, 0.25) is 10.0 Å². The van der Waals surface area contributed by atoms with Gasteiger partial charge in [-0.15, -0.1) is 0 Å². The minimum Gasteiger partial charge on any atom is -0.389 e. The number of β-amino-alcohol motifs (C(OH)–C–C–N with tert-alkyl or cyclic N) is 1. The number of rotatable bonds is 2. The van der Waals surface area contributed by atoms with Gasteiger partial charge in [-0.05, 0) is 50.3 Å². The summed E-state index contributed by atoms with van der Waals surface area (Å²) in [6.45, 7) is 3.22. The van der Waals surface area contributed by atoms with Crippen molar-refractivity contribution in [3.05, 3.63) is 23.8 Å². The highest BCUT2D eigenvalue weighted by atomic mass is 32.2. The van der Waals surface area contributed by atoms with E-state index in [1.54, 1.807) is 19.1 Å². The van der Waals surface area contributed by atoms with Crippen molar-refractivity contribution in [1.82, 2.24) is 4.31 Å². The standard InChI is InChI=1S/C15H22N2O3S/c1-15(18)7-3-9-17(11-15)21(19,20)13-6-5-12-4-2-8-16-14(12)10-13/h5-6,10,16,18H,2-4,7-9,11H2,1H3. The molecule has 1 aromatic rings. The van der Waals surface area contributed by atoms with Crippen molar-refractivity contribution in [2.24, 2.45) is 0 Å². The Morgan fingerprint density at radius 1 is 1.33 bits per heavy atom. The Kier molecular flexibility index (Phi) is 3.71. The molecule has 0 aliphatic carbocycles. The molecule has 0 amide bonds. The molecular weight excluding hydrogens is 288 g/mol. The smallest absolute Gasteiger partial charge is 0.243 e. The number of piperidine rings is 1. The monoisotopic (exact) mass is 310 g/mol. The number of nitrogens with zero attached hydrogens (tertiary/aromatic N) is 1. The molecule has 2 N–H and O–H groups in total. The molecule has 2 aliphatic heterocycles. The molecule has 0 spiro atoms. The SMILES string of the molecule is CC1(O)CCCN(S(=O)(=O)c2ccc3c(c2)NCCC3)C1. The molecule has 116 valence electrons. The zero-order chi connectivity index (χ0) is 15.1. The average molecular weight is 310 g/mol. The zero-order valence-electron chi connectivity index (χ0n) is 12.3. The first-order valence-corrected chi connectivity index (χ1v) is 8.92. The van der Waals surface area contributed by atoms with Gasteiger partial charge < -0.3 is 10.4 Å². The lowest BCUT2D eigenvalue weighted by molar-refractivity contribution is 0.00940. The second-order valence-corrected chi connectivity index (χ2v) is 8.23. The molecular formula is C15H22N2O3S. The van der Waals surface area contributed by atoms with E-state index < -0.39 is 15.6 Å². The van der Waals surface area contributed by atoms with Crippen LogP contribution < -0.4 is 5.32 Å². The van der Waals surface area contributed by atoms with Gasteiger partial charge in [0.25, 0.3) is 0 Å². The highest BCUT2D eigenvalue weighted by Gasteiger charge is 2.35. The second kappa shape index (κ2) is 5.26. The molecule has 1 unspecified atom stereocenters. The number of sulfonamides is 1. The van der Waals surface area contributed by atoms with Crippen molar-refractivity contribution in [3.8, 4) is 0 Å². The third-order valence-electron chi connectivity index (χ3n) is 4.30. The van der Waals surface area contributed by atoms with Crippen LogP contribution in [0.15, 0.2) is 23.1 Å². The summed E-state index contributed by atoms with van der Waals surface area (Å²) in [5.41, 5.74) is 1.16. The maximum absolute atomic E-state index is 12.7. The van der Waals surface area contributed by atoms with E-state index in [9.17, 15) is 13.5 Å². The molecule has 0 bridgehead atoms. The normalized spacial score (nSPS) is 27.0. The molecule has 5 nitrogen and oxygen atoms in total. The summed E-state index contributed by atoms with van der Waals surface area (Å²) in [6, 6.07) is 5.31. The van der Waals surface area contributed by atoms with Crippen molar-refractivity contribution in [3.63, 3.8) is 0 Å². The Bertz CT molecular complexity index is 640. The van der Waals surface area contributed by atoms with Gasteiger partial charge in [-0.2, -0.15) is 4.31 Å². The van der Waals surface area contributed by atoms with Gasteiger partial charge in [-0.1, -0.05) is 6.07 Å². The summed E-state index contributed by atoms with van der Waals surface area (Å²) in [6.07, 6.45) is 3.40. The van der Waals surface area contributed by atoms with Crippen molar-refractivity contribution in [1.29, 1.82) is 0 Å². The van der Waals surface area contributed by atoms with Gasteiger partial charge in [0.1, 0.15) is 0 Å². The van der Waals surface area contributed by atoms with Gasteiger partial charge in [0, 0.05) is 25.3 Å². The molecule has 2 heterocycles. The van der Waals surface area contributed by atoms with Crippen molar-refractivity contribution < 1.29 is 13.5 Å². The van der Waals surface area contributed by atoms with Crippen LogP contribution in [0.25, 0.3) is 0 Å². The minimum absolute atomic E-state index is 0.167. The van der Waals surface area contributed by atoms with Crippen LogP contribution in [-0.4, -0.2) is 43.1 Å². The number of aliphatic hydroxyl groups is 1. The Morgan fingerprint density at radius 2 is 2.14 bits per heavy atom. The molecule has 21 heavy (non-hydrogen) atoms. The van der Waals surface area contributed by atoms with Gasteiger partial charge in [-0.25, -0.2) is 8.42 Å². The maximum Gasteiger partial charge on any atom is 0.243 e. The lowest BCUT2D eigenvalue weighted by Gasteiger charge is -2.36. The van der Waals surface area contributed by atoms with E-state index in [1.165, 1.54) is 9.87 Å². The van der Waals surface area contributed by atoms with Crippen molar-refractivity contribution in [2.45, 2.75) is 43.1 Å². The van der Waals surface area contributed by atoms with E-state index in [2.05, 4.69) is 5.32 Å². The summed E-state index contributed by atoms with van der Waals surface area (Å²) < 4.78 is 26.9. The van der Waals surface area contributed by atoms with Crippen LogP contribution in [0.4, 0.5) is 5.69 Å². The van der Waals surface area contributed by atoms with Gasteiger partial charge in [-0.3, -0.25) is 0 Å². The summed E-state index contributed by atoms with van der Waals surface area (Å²) in [5.74, 6) is 0. The first-order chi connectivity index (χ1) is 9.88. The molecule has 0 saturated carbocycles. The van der Waals surface area contributed by atoms with Gasteiger partial charge in [0.15, 0.2) is 0 Å². The van der Waals surface area contributed by atoms with E-state index in [0.29, 0.717) is 24.3 Å². The molecule has 1 atom stereocenters. The van der Waals surface area contributed by atoms with E-state index in [-0.39, 0.29) is 6.54 Å². The highest BCUT2D eigenvalue weighted by Crippen LogP contribution is 2.29. The Balaban J connectivity index is 1.91. The minimum atomic E-state index is -3.53. The number of anilines is 1. The number of fused-ring (bicyclic) bond motifs is 1. The fourth-order valence-electron chi connectivity index (χ4n) is 3.13. The molecule has 1 aromatic carbocycles. The highest BCUT2D eigenvalue weighted by molar-refractivity contribution is 7.89. The Hall–Kier alpha value is -1.11. The largest absolute Gasteiger partial charge is 0.389 e. The fourth-order valence-corrected chi connectivity index (χ4v) is 4.75. The lowest BCUT2D eigenvalue weighted by atomic mass is 9.97. The fraction of sp³-hybridized carbons (Fsp3) is 0.600. The van der Waals surface area contributed by atoms with E-state index in [4.69, 9.17) is 0 Å². The molecule has 0 radical (unpaired) electrons. The topological polar surface area (TPSA) is 69.6 Å². The van der Waals surface area contributed by atoms with Crippen LogP contribution in [0.5, 0.6) is 0 Å². The number of aryl methyl sites for hydroxylation is 1. The Labute approximate surface area is 126 Å². The van der Waals surface area contributed by atoms with Crippen LogP contribution in [0.2, 0.25) is 0 Å². The molecule has 1 fully saturated rings. The number of nitrogens with one attached hydrogen (secondary N) is 1. The number of benzene rings is 1. The van der Waals surface area contributed by atoms with E-state index in [0.717, 1.165) is 25.1 Å². The van der Waals surface area contributed by atoms with Gasteiger partial charge >= 0.3 is 0 Å². The van der Waals surface area contributed by atoms with Crippen LogP contribution in [0.1, 0.15) is 31.7 Å². The van der Waals surface area contributed by atoms with Crippen LogP contribution in [0, 0.1) is 0 Å². The van der Waals surface area contributed by atoms with Crippen LogP contribution in [-0.2, 0) is 16.4 Å². The Morgan fingerprint density at radius 3 is 2.90 bits per heavy atom. The third kappa shape index (κ3) is 2.93. The first kappa shape index (κ1) is 14.8. The summed E-state index contributed by atoms with van der Waals surface area (Å²) >= 11 is 0. The number of hydrogen-bond donors (Lipinski definition) is 2. The second-order valence-electron chi connectivity index (χ2n) is 6.29. The quantitative estimate of drug-likeness (QED) is 0.870. The molecule has 1 saturated heterocycles. The molecule has 0 aromatic heterocycles. The van der Waals surface area contributed by atoms with E-state index in [1.807, 2.05) is 6.07 Å². The van der Waals surface area contributed by atoms with E-state index >= 15 is 0 Å². The summed E-state index contributed by atoms with van der Waals surface area (Å²) in [4.78, 5) is 0.313. The van der Waals surface area contributed by atoms with Crippen LogP contribution in [0.3, 0.4) is 0 Å². The van der Waals surface area contributed by atoms with Crippen molar-refractivity contribution >= 4 is 15.7 Å². The van der Waals surface area contributed by atoms with Gasteiger partial charge in [0.05, 0.1) is 10.5 Å². The molecule has 2 aliphatic rings. The lowest BCUT2D eigenvalue weighted by Crippen LogP contribution is -2.48. The first-order valence-electron chi connectivity index (χ1n) is 7.48. The molecule has 3 rings (SSSR count). The summed E-state index contributed by atoms with van der Waals surface area (Å²) in [5, 5.41) is 13.4. The van der Waals surface area contributed by atoms with Crippen LogP contribution >= 0.6 is 0 Å². The predicted octanol–water partition coefficient (Wildman–Crippen LogP) is 1.58. The zero-order valence-corrected chi connectivity index (χ0v) is 13.1. The maximum atomic E-state index is 12.7. The summed E-state index contributed by atoms with van der Waals surface area (Å²) in [7, 11) is -3.53. The number of hydrogen-bond acceptors (Lipinski definition) is 4. The average Bonchev–Trinajstić information content (AvgIpc) is 2.45. The van der Waals surface area contributed by atoms with Crippen molar-refractivity contribution in [2.75, 3.05) is 25.0 Å².